The summed E-state index contributed by atoms with van der Waals surface area (Å²) in [7, 11) is 8.59. The molecule has 2 saturated carbocycles. The molecule has 0 aromatic carbocycles. The molecular formula is C12H21B2. The molecule has 0 saturated heterocycles. The second kappa shape index (κ2) is 3.94. The molecule has 3 radical (unpaired) electrons. The van der Waals surface area contributed by atoms with Gasteiger partial charge in [-0.05, 0) is 30.6 Å². The van der Waals surface area contributed by atoms with Crippen molar-refractivity contribution in [3.63, 3.8) is 0 Å². The Balaban J connectivity index is 2.07. The van der Waals surface area contributed by atoms with Gasteiger partial charge >= 0.3 is 0 Å². The molecule has 4 unspecified atom stereocenters. The Hall–Kier alpha value is 0.130. The number of rotatable bonds is 2. The predicted molar refractivity (Wildman–Crippen MR) is 63.9 cm³/mol. The van der Waals surface area contributed by atoms with E-state index in [1.807, 2.05) is 0 Å². The standard InChI is InChI=1S/C12H21B2/c1-12(13,14-2)11-8-7-9-5-3-4-6-10(9)11/h9-11H,3-8H2,1-2H3. The molecule has 0 nitrogen and oxygen atoms in total. The lowest BCUT2D eigenvalue weighted by atomic mass is 9.38. The lowest BCUT2D eigenvalue weighted by Crippen LogP contribution is -2.31. The molecule has 0 aromatic heterocycles. The van der Waals surface area contributed by atoms with Crippen molar-refractivity contribution in [2.45, 2.75) is 57.5 Å². The molecular weight excluding hydrogens is 166 g/mol. The van der Waals surface area contributed by atoms with Crippen molar-refractivity contribution in [2.75, 3.05) is 0 Å². The molecule has 4 atom stereocenters. The van der Waals surface area contributed by atoms with Crippen molar-refractivity contribution >= 4 is 15.1 Å². The van der Waals surface area contributed by atoms with Gasteiger partial charge in [-0.15, -0.1) is 0 Å². The van der Waals surface area contributed by atoms with Crippen LogP contribution >= 0.6 is 0 Å². The molecule has 2 fully saturated rings. The molecule has 75 valence electrons. The van der Waals surface area contributed by atoms with E-state index in [0.29, 0.717) is 0 Å². The first kappa shape index (κ1) is 10.6. The highest BCUT2D eigenvalue weighted by molar-refractivity contribution is 6.52. The Labute approximate surface area is 90.9 Å². The molecule has 14 heavy (non-hydrogen) atoms. The Morgan fingerprint density at radius 2 is 1.86 bits per heavy atom. The summed E-state index contributed by atoms with van der Waals surface area (Å²) in [5, 5.41) is -0.0171. The van der Waals surface area contributed by atoms with Gasteiger partial charge < -0.3 is 0 Å². The van der Waals surface area contributed by atoms with E-state index in [1.165, 1.54) is 38.5 Å². The van der Waals surface area contributed by atoms with Gasteiger partial charge in [-0.3, -0.25) is 0 Å². The third kappa shape index (κ3) is 1.77. The minimum atomic E-state index is -0.0171. The maximum atomic E-state index is 6.37. The van der Waals surface area contributed by atoms with E-state index >= 15 is 0 Å². The smallest absolute Gasteiger partial charge is 0.0922 e. The monoisotopic (exact) mass is 187 g/mol. The summed E-state index contributed by atoms with van der Waals surface area (Å²) in [5.74, 6) is 2.71. The molecule has 0 aliphatic heterocycles. The second-order valence-corrected chi connectivity index (χ2v) is 5.55. The Morgan fingerprint density at radius 3 is 2.57 bits per heavy atom. The Morgan fingerprint density at radius 1 is 1.14 bits per heavy atom. The van der Waals surface area contributed by atoms with E-state index in [9.17, 15) is 0 Å². The van der Waals surface area contributed by atoms with Gasteiger partial charge in [0.05, 0.1) is 7.85 Å². The van der Waals surface area contributed by atoms with Gasteiger partial charge in [0.15, 0.2) is 0 Å². The van der Waals surface area contributed by atoms with Crippen molar-refractivity contribution in [3.8, 4) is 0 Å². The average molecular weight is 187 g/mol. The fourth-order valence-electron chi connectivity index (χ4n) is 3.72. The first-order chi connectivity index (χ1) is 6.65. The van der Waals surface area contributed by atoms with Crippen molar-refractivity contribution in [2.24, 2.45) is 17.8 Å². The Kier molecular flexibility index (Phi) is 3.00. The van der Waals surface area contributed by atoms with Gasteiger partial charge in [-0.1, -0.05) is 44.6 Å². The SMILES string of the molecule is [B]C(C)([B]C)C1CCC2CCCCC21. The van der Waals surface area contributed by atoms with Gasteiger partial charge in [0.1, 0.15) is 7.28 Å². The number of hydrogen-bond acceptors (Lipinski definition) is 0. The number of hydrogen-bond donors (Lipinski definition) is 0. The van der Waals surface area contributed by atoms with E-state index in [2.05, 4.69) is 21.0 Å². The van der Waals surface area contributed by atoms with Crippen LogP contribution in [-0.4, -0.2) is 15.1 Å². The third-order valence-corrected chi connectivity index (χ3v) is 4.75. The van der Waals surface area contributed by atoms with Crippen LogP contribution < -0.4 is 0 Å². The normalized spacial score (nSPS) is 41.4. The minimum Gasteiger partial charge on any atom is -0.0922 e. The highest BCUT2D eigenvalue weighted by atomic mass is 14.4. The van der Waals surface area contributed by atoms with Gasteiger partial charge in [0.25, 0.3) is 0 Å². The quantitative estimate of drug-likeness (QED) is 0.582. The molecule has 2 heteroatoms. The van der Waals surface area contributed by atoms with Crippen molar-refractivity contribution in [1.29, 1.82) is 0 Å². The second-order valence-electron chi connectivity index (χ2n) is 5.55. The van der Waals surface area contributed by atoms with Gasteiger partial charge in [0, 0.05) is 0 Å². The predicted octanol–water partition coefficient (Wildman–Crippen LogP) is 3.26. The first-order valence-electron chi connectivity index (χ1n) is 6.24. The molecule has 0 spiro atoms. The lowest BCUT2D eigenvalue weighted by molar-refractivity contribution is 0.216. The molecule has 0 heterocycles. The van der Waals surface area contributed by atoms with Crippen LogP contribution in [0.2, 0.25) is 12.0 Å². The zero-order valence-corrected chi connectivity index (χ0v) is 9.63. The molecule has 0 N–H and O–H groups in total. The molecule has 0 amide bonds. The van der Waals surface area contributed by atoms with Crippen molar-refractivity contribution in [3.05, 3.63) is 0 Å². The topological polar surface area (TPSA) is 0 Å². The van der Waals surface area contributed by atoms with E-state index < -0.39 is 0 Å². The maximum Gasteiger partial charge on any atom is 0.103 e. The molecule has 0 aromatic rings. The molecule has 2 aliphatic rings. The summed E-state index contributed by atoms with van der Waals surface area (Å²) in [6.45, 7) is 4.34. The zero-order chi connectivity index (χ0) is 10.2. The largest absolute Gasteiger partial charge is 0.103 e. The Bertz CT molecular complexity index is 200. The summed E-state index contributed by atoms with van der Waals surface area (Å²) >= 11 is 0. The van der Waals surface area contributed by atoms with Crippen molar-refractivity contribution in [1.82, 2.24) is 0 Å². The summed E-state index contributed by atoms with van der Waals surface area (Å²) < 4.78 is 0. The minimum absolute atomic E-state index is 0.0171. The summed E-state index contributed by atoms with van der Waals surface area (Å²) in [6.07, 6.45) is 8.63. The maximum absolute atomic E-state index is 6.37. The van der Waals surface area contributed by atoms with E-state index in [0.717, 1.165) is 17.8 Å². The third-order valence-electron chi connectivity index (χ3n) is 4.75. The van der Waals surface area contributed by atoms with Crippen LogP contribution in [0.5, 0.6) is 0 Å². The van der Waals surface area contributed by atoms with Crippen LogP contribution in [0.1, 0.15) is 45.4 Å². The lowest BCUT2D eigenvalue weighted by Gasteiger charge is -2.39. The highest BCUT2D eigenvalue weighted by Crippen LogP contribution is 2.53. The molecule has 2 rings (SSSR count). The van der Waals surface area contributed by atoms with Crippen LogP contribution in [0.3, 0.4) is 0 Å². The van der Waals surface area contributed by atoms with Gasteiger partial charge in [-0.25, -0.2) is 0 Å². The van der Waals surface area contributed by atoms with Gasteiger partial charge in [-0.2, -0.15) is 0 Å². The van der Waals surface area contributed by atoms with Gasteiger partial charge in [0.2, 0.25) is 0 Å². The molecule has 0 bridgehead atoms. The average Bonchev–Trinajstić information content (AvgIpc) is 2.61. The number of fused-ring (bicyclic) bond motifs is 1. The summed E-state index contributed by atoms with van der Waals surface area (Å²) in [4.78, 5) is 0. The summed E-state index contributed by atoms with van der Waals surface area (Å²) in [5.41, 5.74) is 0. The van der Waals surface area contributed by atoms with Crippen LogP contribution in [0, 0.1) is 17.8 Å². The highest BCUT2D eigenvalue weighted by Gasteiger charge is 2.43. The first-order valence-corrected chi connectivity index (χ1v) is 6.24. The van der Waals surface area contributed by atoms with Crippen LogP contribution in [0.4, 0.5) is 0 Å². The van der Waals surface area contributed by atoms with E-state index in [1.54, 1.807) is 0 Å². The van der Waals surface area contributed by atoms with Crippen molar-refractivity contribution < 1.29 is 0 Å². The van der Waals surface area contributed by atoms with Crippen LogP contribution in [-0.2, 0) is 0 Å². The molecule has 2 aliphatic carbocycles. The van der Waals surface area contributed by atoms with E-state index in [4.69, 9.17) is 7.85 Å². The fourth-order valence-corrected chi connectivity index (χ4v) is 3.72. The summed E-state index contributed by atoms with van der Waals surface area (Å²) in [6, 6.07) is 0. The zero-order valence-electron chi connectivity index (χ0n) is 9.63. The van der Waals surface area contributed by atoms with Crippen LogP contribution in [0.15, 0.2) is 0 Å². The van der Waals surface area contributed by atoms with Crippen LogP contribution in [0.25, 0.3) is 0 Å². The van der Waals surface area contributed by atoms with E-state index in [-0.39, 0.29) is 5.21 Å². The fraction of sp³-hybridized carbons (Fsp3) is 1.00.